The molecule has 0 saturated carbocycles. The summed E-state index contributed by atoms with van der Waals surface area (Å²) < 4.78 is 38.0. The summed E-state index contributed by atoms with van der Waals surface area (Å²) in [5, 5.41) is 29.3. The van der Waals surface area contributed by atoms with E-state index in [1.807, 2.05) is 0 Å². The van der Waals surface area contributed by atoms with Gasteiger partial charge in [-0.25, -0.2) is 4.79 Å². The smallest absolute Gasteiger partial charge is 0.359 e. The highest BCUT2D eigenvalue weighted by Crippen LogP contribution is 2.59. The third-order valence-electron chi connectivity index (χ3n) is 5.99. The van der Waals surface area contributed by atoms with E-state index in [-0.39, 0.29) is 30.4 Å². The molecule has 1 saturated heterocycles. The molecule has 14 heteroatoms. The quantitative estimate of drug-likeness (QED) is 0.268. The molecular formula is C18H28FN4O8P. The lowest BCUT2D eigenvalue weighted by atomic mass is 9.93. The van der Waals surface area contributed by atoms with Crippen LogP contribution in [0.5, 0.6) is 0 Å². The molecule has 12 nitrogen and oxygen atoms in total. The molecule has 3 rings (SSSR count). The number of aromatic amines is 1. The number of ether oxygens (including phenoxy) is 1. The van der Waals surface area contributed by atoms with Crippen LogP contribution in [-0.4, -0.2) is 69.0 Å². The Morgan fingerprint density at radius 3 is 2.53 bits per heavy atom. The molecule has 32 heavy (non-hydrogen) atoms. The normalized spacial score (nSPS) is 29.5. The van der Waals surface area contributed by atoms with E-state index >= 15 is 0 Å². The number of fused-ring (bicyclic) bond motifs is 1. The van der Waals surface area contributed by atoms with Crippen molar-refractivity contribution in [1.29, 1.82) is 0 Å². The van der Waals surface area contributed by atoms with Crippen molar-refractivity contribution in [2.45, 2.75) is 82.4 Å². The zero-order chi connectivity index (χ0) is 24.1. The molecule has 1 aliphatic heterocycles. The summed E-state index contributed by atoms with van der Waals surface area (Å²) in [5.41, 5.74) is -2.25. The van der Waals surface area contributed by atoms with Gasteiger partial charge in [-0.1, -0.05) is 13.8 Å². The Bertz CT molecular complexity index is 1090. The van der Waals surface area contributed by atoms with Gasteiger partial charge in [0.2, 0.25) is 0 Å². The van der Waals surface area contributed by atoms with Gasteiger partial charge in [0, 0.05) is 12.6 Å². The summed E-state index contributed by atoms with van der Waals surface area (Å²) in [6.45, 7) is 5.93. The molecule has 2 aromatic heterocycles. The monoisotopic (exact) mass is 478 g/mol. The van der Waals surface area contributed by atoms with Gasteiger partial charge >= 0.3 is 13.3 Å². The highest BCUT2D eigenvalue weighted by molar-refractivity contribution is 7.54. The first-order valence-corrected chi connectivity index (χ1v) is 11.7. The first-order valence-electron chi connectivity index (χ1n) is 10.2. The number of aliphatic hydroxyl groups excluding tert-OH is 2. The second kappa shape index (κ2) is 8.56. The van der Waals surface area contributed by atoms with Gasteiger partial charge in [0.1, 0.15) is 17.7 Å². The number of imidazole rings is 1. The highest BCUT2D eigenvalue weighted by atomic mass is 31.2. The van der Waals surface area contributed by atoms with E-state index in [9.17, 15) is 34.0 Å². The molecule has 7 atom stereocenters. The molecule has 2 aromatic rings. The summed E-state index contributed by atoms with van der Waals surface area (Å²) >= 11 is 0. The van der Waals surface area contributed by atoms with Crippen molar-refractivity contribution < 1.29 is 38.4 Å². The van der Waals surface area contributed by atoms with Gasteiger partial charge in [0.15, 0.2) is 17.2 Å². The standard InChI is InChI=1S/C18H28FN4O8P/c1-5-17(3,31-32(28,29)18(4,27)6-2)7-10-11(24)12(25)14(30-10)23-8-9-13(22-16(23)26)21-15(19)20-9/h8,10-12,14,24-25,27H,5-7H2,1-4H3,(H,28,29)(H,20,21,22,26)/t10-,11?,12+,14-,17?,18?/m1/s1. The minimum absolute atomic E-state index is 0.0144. The number of halogens is 1. The molecule has 0 bridgehead atoms. The van der Waals surface area contributed by atoms with E-state index in [0.717, 1.165) is 10.8 Å². The largest absolute Gasteiger partial charge is 0.388 e. The van der Waals surface area contributed by atoms with Crippen molar-refractivity contribution in [1.82, 2.24) is 19.5 Å². The molecule has 0 aromatic carbocycles. The Hall–Kier alpha value is -1.73. The predicted molar refractivity (Wildman–Crippen MR) is 109 cm³/mol. The number of aliphatic hydroxyl groups is 3. The number of hydrogen-bond acceptors (Lipinski definition) is 9. The lowest BCUT2D eigenvalue weighted by Gasteiger charge is -2.37. The number of nitrogens with one attached hydrogen (secondary N) is 1. The van der Waals surface area contributed by atoms with Gasteiger partial charge in [-0.05, 0) is 26.7 Å². The number of rotatable bonds is 8. The Morgan fingerprint density at radius 2 is 1.94 bits per heavy atom. The molecule has 5 N–H and O–H groups in total. The second-order valence-electron chi connectivity index (χ2n) is 8.43. The molecule has 0 radical (unpaired) electrons. The van der Waals surface area contributed by atoms with Gasteiger partial charge in [-0.3, -0.25) is 14.1 Å². The fraction of sp³-hybridized carbons (Fsp3) is 0.722. The molecule has 0 amide bonds. The fourth-order valence-corrected chi connectivity index (χ4v) is 4.84. The maximum Gasteiger partial charge on any atom is 0.359 e. The van der Waals surface area contributed by atoms with Crippen molar-refractivity contribution >= 4 is 18.8 Å². The van der Waals surface area contributed by atoms with Crippen LogP contribution >= 0.6 is 7.60 Å². The van der Waals surface area contributed by atoms with Crippen LogP contribution in [0, 0.1) is 6.08 Å². The van der Waals surface area contributed by atoms with E-state index in [0.29, 0.717) is 0 Å². The lowest BCUT2D eigenvalue weighted by molar-refractivity contribution is -0.0713. The number of H-pyrrole nitrogens is 1. The Morgan fingerprint density at radius 1 is 1.28 bits per heavy atom. The van der Waals surface area contributed by atoms with Gasteiger partial charge in [-0.15, -0.1) is 0 Å². The van der Waals surface area contributed by atoms with Crippen LogP contribution in [0.1, 0.15) is 53.2 Å². The van der Waals surface area contributed by atoms with Gasteiger partial charge in [0.05, 0.1) is 11.7 Å². The van der Waals surface area contributed by atoms with Crippen molar-refractivity contribution in [2.24, 2.45) is 0 Å². The van der Waals surface area contributed by atoms with Crippen molar-refractivity contribution in [3.8, 4) is 0 Å². The van der Waals surface area contributed by atoms with Crippen LogP contribution in [0.15, 0.2) is 11.0 Å². The summed E-state index contributed by atoms with van der Waals surface area (Å²) in [4.78, 5) is 32.0. The van der Waals surface area contributed by atoms with Crippen molar-refractivity contribution in [3.05, 3.63) is 22.8 Å². The Labute approximate surface area is 182 Å². The Kier molecular flexibility index (Phi) is 6.66. The predicted octanol–water partition coefficient (Wildman–Crippen LogP) is 0.757. The van der Waals surface area contributed by atoms with Crippen LogP contribution in [0.2, 0.25) is 0 Å². The first kappa shape index (κ1) is 24.9. The number of aromatic nitrogens is 4. The van der Waals surface area contributed by atoms with Crippen LogP contribution in [-0.2, 0) is 13.8 Å². The average molecular weight is 478 g/mol. The second-order valence-corrected chi connectivity index (χ2v) is 10.6. The lowest BCUT2D eigenvalue weighted by Crippen LogP contribution is -2.40. The highest BCUT2D eigenvalue weighted by Gasteiger charge is 2.50. The maximum absolute atomic E-state index is 13.3. The third-order valence-corrected chi connectivity index (χ3v) is 8.21. The van der Waals surface area contributed by atoms with E-state index in [1.165, 1.54) is 20.8 Å². The zero-order valence-electron chi connectivity index (χ0n) is 18.1. The van der Waals surface area contributed by atoms with Crippen molar-refractivity contribution in [2.75, 3.05) is 0 Å². The zero-order valence-corrected chi connectivity index (χ0v) is 19.0. The molecule has 1 fully saturated rings. The Balaban J connectivity index is 1.85. The molecule has 1 aliphatic rings. The molecule has 180 valence electrons. The maximum atomic E-state index is 13.3. The molecule has 4 unspecified atom stereocenters. The molecule has 0 aliphatic carbocycles. The van der Waals surface area contributed by atoms with E-state index in [1.54, 1.807) is 6.92 Å². The van der Waals surface area contributed by atoms with Gasteiger partial charge < -0.3 is 29.5 Å². The minimum atomic E-state index is -4.49. The van der Waals surface area contributed by atoms with Gasteiger partial charge in [0.25, 0.3) is 6.08 Å². The average Bonchev–Trinajstić information content (AvgIpc) is 3.19. The SMILES string of the molecule is CCC(C)(C[C@H]1O[C@@H](n2cc3nc(F)[nH]c3nc2=O)[C@@H](O)C1O)OP(=O)(O)C(C)(O)CC. The van der Waals surface area contributed by atoms with Crippen molar-refractivity contribution in [3.63, 3.8) is 0 Å². The van der Waals surface area contributed by atoms with E-state index < -0.39 is 54.8 Å². The third kappa shape index (κ3) is 4.51. The summed E-state index contributed by atoms with van der Waals surface area (Å²) in [7, 11) is -4.49. The summed E-state index contributed by atoms with van der Waals surface area (Å²) in [6, 6.07) is 0. The molecule has 3 heterocycles. The number of hydrogen-bond donors (Lipinski definition) is 5. The van der Waals surface area contributed by atoms with Crippen LogP contribution in [0.25, 0.3) is 11.2 Å². The molecular weight excluding hydrogens is 450 g/mol. The molecule has 0 spiro atoms. The first-order chi connectivity index (χ1) is 14.7. The topological polar surface area (TPSA) is 180 Å². The minimum Gasteiger partial charge on any atom is -0.388 e. The van der Waals surface area contributed by atoms with Crippen LogP contribution < -0.4 is 5.69 Å². The summed E-state index contributed by atoms with van der Waals surface area (Å²) in [6.07, 6.45) is -5.24. The number of nitrogens with zero attached hydrogens (tertiary/aromatic N) is 3. The van der Waals surface area contributed by atoms with Crippen LogP contribution in [0.4, 0.5) is 4.39 Å². The van der Waals surface area contributed by atoms with E-state index in [2.05, 4.69) is 15.0 Å². The van der Waals surface area contributed by atoms with Gasteiger partial charge in [-0.2, -0.15) is 14.4 Å². The van der Waals surface area contributed by atoms with Crippen LogP contribution in [0.3, 0.4) is 0 Å². The van der Waals surface area contributed by atoms with E-state index in [4.69, 9.17) is 9.26 Å². The fourth-order valence-electron chi connectivity index (χ4n) is 3.44. The summed E-state index contributed by atoms with van der Waals surface area (Å²) in [5.74, 6) is 0.